The number of carbonyl (C=O) groups is 2. The lowest BCUT2D eigenvalue weighted by Crippen LogP contribution is -2.45. The smallest absolute Gasteiger partial charge is 0.305 e. The van der Waals surface area contributed by atoms with Gasteiger partial charge in [-0.1, -0.05) is 198 Å². The lowest BCUT2D eigenvalue weighted by molar-refractivity contribution is -0.143. The molecule has 0 aromatic heterocycles. The van der Waals surface area contributed by atoms with E-state index in [-0.39, 0.29) is 18.5 Å². The van der Waals surface area contributed by atoms with Gasteiger partial charge in [-0.2, -0.15) is 0 Å². The number of esters is 1. The first kappa shape index (κ1) is 56.1. The molecule has 58 heavy (non-hydrogen) atoms. The molecule has 0 aromatic rings. The molecule has 2 atom stereocenters. The number of rotatable bonds is 46. The zero-order valence-electron chi connectivity index (χ0n) is 38.5. The van der Waals surface area contributed by atoms with Gasteiger partial charge in [0, 0.05) is 12.8 Å². The highest BCUT2D eigenvalue weighted by atomic mass is 16.5. The monoisotopic (exact) mass is 816 g/mol. The first-order valence-electron chi connectivity index (χ1n) is 25.3. The van der Waals surface area contributed by atoms with E-state index in [4.69, 9.17) is 4.74 Å². The van der Waals surface area contributed by atoms with E-state index >= 15 is 0 Å². The number of ether oxygens (including phenoxy) is 1. The molecule has 0 aromatic carbocycles. The highest BCUT2D eigenvalue weighted by molar-refractivity contribution is 5.76. The van der Waals surface area contributed by atoms with E-state index in [1.54, 1.807) is 6.08 Å². The second-order valence-electron chi connectivity index (χ2n) is 17.1. The second kappa shape index (κ2) is 47.8. The topological polar surface area (TPSA) is 95.9 Å². The van der Waals surface area contributed by atoms with Crippen LogP contribution in [0.5, 0.6) is 0 Å². The molecule has 6 nitrogen and oxygen atoms in total. The SMILES string of the molecule is CCCCC/C=C\CCCCCCCC(=O)OCCCC/C=C\CCCCCCCC(=O)NC(CO)C(O)/C=C/CCCCCCCCCCCCCCCCCC. The Morgan fingerprint density at radius 2 is 0.810 bits per heavy atom. The molecule has 3 N–H and O–H groups in total. The molecule has 0 bridgehead atoms. The van der Waals surface area contributed by atoms with Crippen molar-refractivity contribution < 1.29 is 24.5 Å². The lowest BCUT2D eigenvalue weighted by Gasteiger charge is -2.20. The standard InChI is InChI=1S/C52H97NO5/c1-3-5-7-9-11-13-15-17-18-19-20-21-22-24-28-32-36-40-44-50(55)49(48-54)53-51(56)45-41-37-33-29-25-23-27-31-35-39-43-47-58-52(57)46-42-38-34-30-26-16-14-12-10-8-6-4-2/h12,14,27,31,40,44,49-50,54-55H,3-11,13,15-26,28-30,32-39,41-43,45-48H2,1-2H3,(H,53,56)/b14-12-,31-27-,44-40+. The Morgan fingerprint density at radius 3 is 1.26 bits per heavy atom. The zero-order chi connectivity index (χ0) is 42.3. The van der Waals surface area contributed by atoms with Gasteiger partial charge in [0.15, 0.2) is 0 Å². The van der Waals surface area contributed by atoms with Crippen LogP contribution in [0.4, 0.5) is 0 Å². The number of amides is 1. The van der Waals surface area contributed by atoms with E-state index in [0.717, 1.165) is 83.5 Å². The molecule has 0 rings (SSSR count). The van der Waals surface area contributed by atoms with Crippen molar-refractivity contribution in [1.82, 2.24) is 5.32 Å². The predicted octanol–water partition coefficient (Wildman–Crippen LogP) is 14.9. The van der Waals surface area contributed by atoms with Gasteiger partial charge in [-0.05, 0) is 83.5 Å². The summed E-state index contributed by atoms with van der Waals surface area (Å²) in [5.41, 5.74) is 0. The van der Waals surface area contributed by atoms with E-state index in [1.807, 2.05) is 6.08 Å². The van der Waals surface area contributed by atoms with Crippen molar-refractivity contribution >= 4 is 11.9 Å². The highest BCUT2D eigenvalue weighted by Crippen LogP contribution is 2.15. The Balaban J connectivity index is 3.58. The van der Waals surface area contributed by atoms with Gasteiger partial charge in [-0.25, -0.2) is 0 Å². The molecule has 0 saturated carbocycles. The van der Waals surface area contributed by atoms with Crippen LogP contribution in [0, 0.1) is 0 Å². The highest BCUT2D eigenvalue weighted by Gasteiger charge is 2.18. The van der Waals surface area contributed by atoms with Crippen LogP contribution in [0.2, 0.25) is 0 Å². The van der Waals surface area contributed by atoms with Crippen molar-refractivity contribution in [1.29, 1.82) is 0 Å². The van der Waals surface area contributed by atoms with E-state index in [1.165, 1.54) is 148 Å². The molecule has 2 unspecified atom stereocenters. The molecule has 0 heterocycles. The van der Waals surface area contributed by atoms with Gasteiger partial charge in [-0.15, -0.1) is 0 Å². The quantitative estimate of drug-likeness (QED) is 0.0323. The maximum Gasteiger partial charge on any atom is 0.305 e. The fraction of sp³-hybridized carbons (Fsp3) is 0.846. The summed E-state index contributed by atoms with van der Waals surface area (Å²) in [6.45, 7) is 4.79. The predicted molar refractivity (Wildman–Crippen MR) is 250 cm³/mol. The van der Waals surface area contributed by atoms with Crippen LogP contribution in [0.1, 0.15) is 258 Å². The summed E-state index contributed by atoms with van der Waals surface area (Å²) in [7, 11) is 0. The van der Waals surface area contributed by atoms with Crippen LogP contribution in [0.15, 0.2) is 36.5 Å². The molecule has 0 saturated heterocycles. The summed E-state index contributed by atoms with van der Waals surface area (Å²) >= 11 is 0. The first-order chi connectivity index (χ1) is 28.5. The van der Waals surface area contributed by atoms with Crippen molar-refractivity contribution in [2.24, 2.45) is 0 Å². The number of hydrogen-bond acceptors (Lipinski definition) is 5. The summed E-state index contributed by atoms with van der Waals surface area (Å²) in [6, 6.07) is -0.649. The Bertz CT molecular complexity index is 946. The van der Waals surface area contributed by atoms with Gasteiger partial charge in [0.05, 0.1) is 25.4 Å². The lowest BCUT2D eigenvalue weighted by atomic mass is 10.0. The number of hydrogen-bond donors (Lipinski definition) is 3. The molecule has 0 aliphatic carbocycles. The van der Waals surface area contributed by atoms with Crippen LogP contribution < -0.4 is 5.32 Å². The van der Waals surface area contributed by atoms with Gasteiger partial charge in [0.2, 0.25) is 5.91 Å². The van der Waals surface area contributed by atoms with Crippen LogP contribution in [0.25, 0.3) is 0 Å². The Hall–Kier alpha value is -1.92. The Labute approximate surface area is 360 Å². The number of carbonyl (C=O) groups excluding carboxylic acids is 2. The van der Waals surface area contributed by atoms with Gasteiger partial charge >= 0.3 is 5.97 Å². The molecule has 0 radical (unpaired) electrons. The van der Waals surface area contributed by atoms with Crippen LogP contribution in [-0.4, -0.2) is 47.4 Å². The number of nitrogens with one attached hydrogen (secondary N) is 1. The molecule has 0 fully saturated rings. The second-order valence-corrected chi connectivity index (χ2v) is 17.1. The Morgan fingerprint density at radius 1 is 0.466 bits per heavy atom. The molecule has 0 aliphatic heterocycles. The van der Waals surface area contributed by atoms with Crippen molar-refractivity contribution in [2.75, 3.05) is 13.2 Å². The molecule has 6 heteroatoms. The summed E-state index contributed by atoms with van der Waals surface area (Å²) < 4.78 is 5.41. The summed E-state index contributed by atoms with van der Waals surface area (Å²) in [6.07, 6.45) is 57.1. The number of allylic oxidation sites excluding steroid dienone is 5. The molecular formula is C52H97NO5. The van der Waals surface area contributed by atoms with Gasteiger partial charge in [0.1, 0.15) is 0 Å². The molecule has 340 valence electrons. The third kappa shape index (κ3) is 43.7. The largest absolute Gasteiger partial charge is 0.466 e. The summed E-state index contributed by atoms with van der Waals surface area (Å²) in [4.78, 5) is 24.4. The fourth-order valence-corrected chi connectivity index (χ4v) is 7.44. The minimum absolute atomic E-state index is 0.0436. The van der Waals surface area contributed by atoms with E-state index in [2.05, 4.69) is 43.5 Å². The molecule has 1 amide bonds. The average Bonchev–Trinajstić information content (AvgIpc) is 3.22. The third-order valence-electron chi connectivity index (χ3n) is 11.4. The van der Waals surface area contributed by atoms with Crippen molar-refractivity contribution in [2.45, 2.75) is 270 Å². The van der Waals surface area contributed by atoms with Crippen LogP contribution >= 0.6 is 0 Å². The summed E-state index contributed by atoms with van der Waals surface area (Å²) in [5.74, 6) is -0.141. The van der Waals surface area contributed by atoms with E-state index in [9.17, 15) is 19.8 Å². The minimum Gasteiger partial charge on any atom is -0.466 e. The third-order valence-corrected chi connectivity index (χ3v) is 11.4. The number of aliphatic hydroxyl groups is 2. The average molecular weight is 816 g/mol. The maximum absolute atomic E-state index is 12.4. The number of aliphatic hydroxyl groups excluding tert-OH is 2. The minimum atomic E-state index is -0.863. The van der Waals surface area contributed by atoms with Gasteiger partial charge in [-0.3, -0.25) is 9.59 Å². The number of unbranched alkanes of at least 4 members (excludes halogenated alkanes) is 31. The maximum atomic E-state index is 12.4. The zero-order valence-corrected chi connectivity index (χ0v) is 38.5. The van der Waals surface area contributed by atoms with Gasteiger partial charge < -0.3 is 20.3 Å². The van der Waals surface area contributed by atoms with E-state index < -0.39 is 12.1 Å². The van der Waals surface area contributed by atoms with Crippen molar-refractivity contribution in [3.05, 3.63) is 36.5 Å². The molecular weight excluding hydrogens is 719 g/mol. The summed E-state index contributed by atoms with van der Waals surface area (Å²) in [5, 5.41) is 23.1. The first-order valence-corrected chi connectivity index (χ1v) is 25.3. The molecule has 0 aliphatic rings. The van der Waals surface area contributed by atoms with E-state index in [0.29, 0.717) is 19.4 Å². The van der Waals surface area contributed by atoms with Crippen molar-refractivity contribution in [3.63, 3.8) is 0 Å². The fourth-order valence-electron chi connectivity index (χ4n) is 7.44. The van der Waals surface area contributed by atoms with Crippen LogP contribution in [-0.2, 0) is 14.3 Å². The Kier molecular flexibility index (Phi) is 46.2. The van der Waals surface area contributed by atoms with Crippen LogP contribution in [0.3, 0.4) is 0 Å². The van der Waals surface area contributed by atoms with Crippen molar-refractivity contribution in [3.8, 4) is 0 Å². The van der Waals surface area contributed by atoms with Gasteiger partial charge in [0.25, 0.3) is 0 Å². The molecule has 0 spiro atoms. The normalized spacial score (nSPS) is 13.0.